The Bertz CT molecular complexity index is 612. The van der Waals surface area contributed by atoms with Crippen molar-refractivity contribution in [3.63, 3.8) is 0 Å². The second-order valence-electron chi connectivity index (χ2n) is 6.29. The lowest BCUT2D eigenvalue weighted by molar-refractivity contribution is -0.0343. The second kappa shape index (κ2) is 6.84. The zero-order valence-electron chi connectivity index (χ0n) is 13.5. The minimum absolute atomic E-state index is 0.0810. The molecule has 1 unspecified atom stereocenters. The van der Waals surface area contributed by atoms with Crippen molar-refractivity contribution in [3.05, 3.63) is 30.1 Å². The van der Waals surface area contributed by atoms with Gasteiger partial charge in [0.2, 0.25) is 10.0 Å². The van der Waals surface area contributed by atoms with E-state index in [0.717, 1.165) is 24.8 Å². The van der Waals surface area contributed by atoms with Crippen LogP contribution in [0.4, 0.5) is 0 Å². The van der Waals surface area contributed by atoms with Crippen LogP contribution in [0.1, 0.15) is 31.7 Å². The number of nitrogens with zero attached hydrogens (tertiary/aromatic N) is 2. The van der Waals surface area contributed by atoms with Gasteiger partial charge in [-0.2, -0.15) is 0 Å². The summed E-state index contributed by atoms with van der Waals surface area (Å²) in [7, 11) is -3.09. The fraction of sp³-hybridized carbons (Fsp3) is 0.688. The number of ether oxygens (including phenoxy) is 2. The maximum Gasteiger partial charge on any atom is 0.213 e. The third kappa shape index (κ3) is 3.91. The SMILES string of the molecule is CCS(=O)(=O)N1CCC2(CC1)CC(OCc1ccncc1)CO2. The van der Waals surface area contributed by atoms with Crippen LogP contribution in [0.15, 0.2) is 24.5 Å². The van der Waals surface area contributed by atoms with Gasteiger partial charge in [-0.15, -0.1) is 0 Å². The number of rotatable bonds is 5. The first-order valence-electron chi connectivity index (χ1n) is 8.15. The molecule has 2 saturated heterocycles. The van der Waals surface area contributed by atoms with Crippen LogP contribution in [0, 0.1) is 0 Å². The monoisotopic (exact) mass is 340 g/mol. The van der Waals surface area contributed by atoms with Gasteiger partial charge in [-0.25, -0.2) is 12.7 Å². The van der Waals surface area contributed by atoms with Crippen LogP contribution in [0.25, 0.3) is 0 Å². The van der Waals surface area contributed by atoms with E-state index in [1.165, 1.54) is 0 Å². The molecule has 0 aromatic carbocycles. The Hall–Kier alpha value is -1.02. The number of hydrogen-bond donors (Lipinski definition) is 0. The molecular weight excluding hydrogens is 316 g/mol. The molecule has 7 heteroatoms. The summed E-state index contributed by atoms with van der Waals surface area (Å²) in [5, 5.41) is 0. The van der Waals surface area contributed by atoms with Crippen molar-refractivity contribution in [2.45, 2.75) is 44.5 Å². The highest BCUT2D eigenvalue weighted by Crippen LogP contribution is 2.37. The fourth-order valence-corrected chi connectivity index (χ4v) is 4.41. The predicted octanol–water partition coefficient (Wildman–Crippen LogP) is 1.57. The predicted molar refractivity (Wildman–Crippen MR) is 86.4 cm³/mol. The van der Waals surface area contributed by atoms with E-state index in [4.69, 9.17) is 9.47 Å². The Labute approximate surface area is 137 Å². The number of sulfonamides is 1. The molecule has 2 aliphatic rings. The van der Waals surface area contributed by atoms with E-state index in [1.54, 1.807) is 23.6 Å². The number of pyridine rings is 1. The van der Waals surface area contributed by atoms with Crippen LogP contribution in [0.2, 0.25) is 0 Å². The molecule has 6 nitrogen and oxygen atoms in total. The molecule has 1 spiro atoms. The first-order chi connectivity index (χ1) is 11.0. The van der Waals surface area contributed by atoms with Crippen molar-refractivity contribution in [2.24, 2.45) is 0 Å². The van der Waals surface area contributed by atoms with Crippen molar-refractivity contribution in [2.75, 3.05) is 25.4 Å². The largest absolute Gasteiger partial charge is 0.372 e. The van der Waals surface area contributed by atoms with Gasteiger partial charge in [0.05, 0.1) is 30.7 Å². The maximum atomic E-state index is 11.9. The highest BCUT2D eigenvalue weighted by molar-refractivity contribution is 7.89. The minimum Gasteiger partial charge on any atom is -0.372 e. The molecule has 0 N–H and O–H groups in total. The molecule has 0 aliphatic carbocycles. The Morgan fingerprint density at radius 3 is 2.70 bits per heavy atom. The highest BCUT2D eigenvalue weighted by Gasteiger charge is 2.44. The quantitative estimate of drug-likeness (QED) is 0.814. The van der Waals surface area contributed by atoms with E-state index in [1.807, 2.05) is 12.1 Å². The molecule has 1 atom stereocenters. The smallest absolute Gasteiger partial charge is 0.213 e. The van der Waals surface area contributed by atoms with Crippen LogP contribution in [0.5, 0.6) is 0 Å². The molecule has 0 saturated carbocycles. The second-order valence-corrected chi connectivity index (χ2v) is 8.54. The molecular formula is C16H24N2O4S. The molecule has 0 radical (unpaired) electrons. The molecule has 0 bridgehead atoms. The van der Waals surface area contributed by atoms with Crippen LogP contribution in [-0.2, 0) is 26.1 Å². The van der Waals surface area contributed by atoms with Gasteiger partial charge in [0.25, 0.3) is 0 Å². The standard InChI is InChI=1S/C16H24N2O4S/c1-2-23(19,20)18-9-5-16(6-10-18)11-15(13-22-16)21-12-14-3-7-17-8-4-14/h3-4,7-8,15H,2,5-6,9-13H2,1H3. The van der Waals surface area contributed by atoms with Gasteiger partial charge in [0.1, 0.15) is 0 Å². The number of hydrogen-bond acceptors (Lipinski definition) is 5. The van der Waals surface area contributed by atoms with Crippen molar-refractivity contribution in [1.29, 1.82) is 0 Å². The molecule has 128 valence electrons. The zero-order chi connectivity index (χ0) is 16.3. The maximum absolute atomic E-state index is 11.9. The molecule has 1 aromatic heterocycles. The van der Waals surface area contributed by atoms with Crippen LogP contribution < -0.4 is 0 Å². The van der Waals surface area contributed by atoms with Crippen LogP contribution >= 0.6 is 0 Å². The van der Waals surface area contributed by atoms with Gasteiger partial charge >= 0.3 is 0 Å². The van der Waals surface area contributed by atoms with E-state index in [-0.39, 0.29) is 17.5 Å². The van der Waals surface area contributed by atoms with Crippen molar-refractivity contribution in [1.82, 2.24) is 9.29 Å². The van der Waals surface area contributed by atoms with Gasteiger partial charge in [0, 0.05) is 31.9 Å². The third-order valence-electron chi connectivity index (χ3n) is 4.80. The lowest BCUT2D eigenvalue weighted by Crippen LogP contribution is -2.47. The summed E-state index contributed by atoms with van der Waals surface area (Å²) in [5.41, 5.74) is 0.896. The Kier molecular flexibility index (Phi) is 5.01. The van der Waals surface area contributed by atoms with E-state index >= 15 is 0 Å². The number of piperidine rings is 1. The van der Waals surface area contributed by atoms with E-state index in [2.05, 4.69) is 4.98 Å². The van der Waals surface area contributed by atoms with E-state index < -0.39 is 10.0 Å². The average Bonchev–Trinajstić information content (AvgIpc) is 2.97. The summed E-state index contributed by atoms with van der Waals surface area (Å²) < 4.78 is 37.4. The Morgan fingerprint density at radius 1 is 1.35 bits per heavy atom. The van der Waals surface area contributed by atoms with Crippen LogP contribution in [-0.4, -0.2) is 54.9 Å². The molecule has 1 aromatic rings. The normalized spacial score (nSPS) is 25.0. The van der Waals surface area contributed by atoms with Gasteiger partial charge in [0.15, 0.2) is 0 Å². The summed E-state index contributed by atoms with van der Waals surface area (Å²) in [4.78, 5) is 3.99. The molecule has 23 heavy (non-hydrogen) atoms. The molecule has 2 aliphatic heterocycles. The first kappa shape index (κ1) is 16.8. The molecule has 2 fully saturated rings. The molecule has 3 rings (SSSR count). The Balaban J connectivity index is 1.50. The fourth-order valence-electron chi connectivity index (χ4n) is 3.31. The van der Waals surface area contributed by atoms with E-state index in [9.17, 15) is 8.42 Å². The average molecular weight is 340 g/mol. The van der Waals surface area contributed by atoms with Crippen LogP contribution in [0.3, 0.4) is 0 Å². The summed E-state index contributed by atoms with van der Waals surface area (Å²) in [6.45, 7) is 3.93. The number of aromatic nitrogens is 1. The van der Waals surface area contributed by atoms with E-state index in [0.29, 0.717) is 26.3 Å². The van der Waals surface area contributed by atoms with Crippen molar-refractivity contribution in [3.8, 4) is 0 Å². The first-order valence-corrected chi connectivity index (χ1v) is 9.76. The Morgan fingerprint density at radius 2 is 2.04 bits per heavy atom. The third-order valence-corrected chi connectivity index (χ3v) is 6.68. The summed E-state index contributed by atoms with van der Waals surface area (Å²) in [5.74, 6) is 0.165. The summed E-state index contributed by atoms with van der Waals surface area (Å²) in [6, 6.07) is 3.89. The minimum atomic E-state index is -3.09. The van der Waals surface area contributed by atoms with Crippen molar-refractivity contribution < 1.29 is 17.9 Å². The van der Waals surface area contributed by atoms with Gasteiger partial charge in [-0.1, -0.05) is 0 Å². The summed E-state index contributed by atoms with van der Waals surface area (Å²) >= 11 is 0. The molecule has 3 heterocycles. The van der Waals surface area contributed by atoms with Gasteiger partial charge in [-0.3, -0.25) is 4.98 Å². The topological polar surface area (TPSA) is 68.7 Å². The lowest BCUT2D eigenvalue weighted by Gasteiger charge is -2.37. The van der Waals surface area contributed by atoms with Crippen molar-refractivity contribution >= 4 is 10.0 Å². The van der Waals surface area contributed by atoms with Gasteiger partial charge in [-0.05, 0) is 37.5 Å². The lowest BCUT2D eigenvalue weighted by atomic mass is 9.89. The highest BCUT2D eigenvalue weighted by atomic mass is 32.2. The molecule has 0 amide bonds. The summed E-state index contributed by atoms with van der Waals surface area (Å²) in [6.07, 6.45) is 5.95. The zero-order valence-corrected chi connectivity index (χ0v) is 14.3. The van der Waals surface area contributed by atoms with Gasteiger partial charge < -0.3 is 9.47 Å².